The smallest absolute Gasteiger partial charge is 0.262 e. The summed E-state index contributed by atoms with van der Waals surface area (Å²) in [5.41, 5.74) is 4.11. The van der Waals surface area contributed by atoms with Crippen LogP contribution in [-0.2, 0) is 22.6 Å². The van der Waals surface area contributed by atoms with Crippen LogP contribution < -0.4 is 10.1 Å². The van der Waals surface area contributed by atoms with E-state index in [2.05, 4.69) is 23.7 Å². The zero-order valence-corrected chi connectivity index (χ0v) is 18.5. The van der Waals surface area contributed by atoms with Crippen molar-refractivity contribution in [1.82, 2.24) is 9.88 Å². The van der Waals surface area contributed by atoms with Crippen molar-refractivity contribution in [2.24, 2.45) is 5.92 Å². The third kappa shape index (κ3) is 6.50. The summed E-state index contributed by atoms with van der Waals surface area (Å²) >= 11 is 0. The Balaban J connectivity index is 2.02. The van der Waals surface area contributed by atoms with E-state index in [1.165, 1.54) is 0 Å². The number of hydrogen-bond donors (Lipinski definition) is 1. The Morgan fingerprint density at radius 2 is 1.93 bits per heavy atom. The van der Waals surface area contributed by atoms with Crippen molar-refractivity contribution in [2.75, 3.05) is 20.3 Å². The molecule has 2 rings (SSSR count). The van der Waals surface area contributed by atoms with Crippen molar-refractivity contribution < 1.29 is 14.3 Å². The molecule has 0 atom stereocenters. The number of aromatic nitrogens is 1. The van der Waals surface area contributed by atoms with Crippen molar-refractivity contribution in [3.8, 4) is 11.8 Å². The molecule has 0 spiro atoms. The van der Waals surface area contributed by atoms with Crippen molar-refractivity contribution in [2.45, 2.75) is 40.8 Å². The number of carbonyl (C=O) groups excluding carboxylic acids is 1. The van der Waals surface area contributed by atoms with Gasteiger partial charge in [-0.25, -0.2) is 0 Å². The lowest BCUT2D eigenvalue weighted by Crippen LogP contribution is -2.23. The number of ether oxygens (including phenoxy) is 2. The largest absolute Gasteiger partial charge is 0.491 e. The van der Waals surface area contributed by atoms with Gasteiger partial charge in [0.15, 0.2) is 0 Å². The summed E-state index contributed by atoms with van der Waals surface area (Å²) in [6.45, 7) is 10.7. The number of rotatable bonds is 10. The second-order valence-corrected chi connectivity index (χ2v) is 7.67. The molecule has 1 N–H and O–H groups in total. The minimum atomic E-state index is -0.383. The summed E-state index contributed by atoms with van der Waals surface area (Å²) in [7, 11) is 1.63. The Morgan fingerprint density at radius 1 is 1.23 bits per heavy atom. The molecule has 0 aliphatic rings. The van der Waals surface area contributed by atoms with Crippen LogP contribution in [0.25, 0.3) is 6.08 Å². The minimum absolute atomic E-state index is 0.0966. The number of nitrogens with zero attached hydrogens (tertiary/aromatic N) is 2. The van der Waals surface area contributed by atoms with Crippen LogP contribution in [-0.4, -0.2) is 30.8 Å². The van der Waals surface area contributed by atoms with Crippen LogP contribution in [0.2, 0.25) is 0 Å². The molecular formula is C24H31N3O3. The predicted molar refractivity (Wildman–Crippen MR) is 118 cm³/mol. The number of methoxy groups -OCH3 is 1. The molecule has 30 heavy (non-hydrogen) atoms. The fourth-order valence-corrected chi connectivity index (χ4v) is 3.15. The van der Waals surface area contributed by atoms with Gasteiger partial charge in [-0.2, -0.15) is 5.26 Å². The number of hydrogen-bond acceptors (Lipinski definition) is 4. The Hall–Kier alpha value is -3.04. The molecule has 0 aliphatic carbocycles. The van der Waals surface area contributed by atoms with E-state index >= 15 is 0 Å². The van der Waals surface area contributed by atoms with Gasteiger partial charge in [0.1, 0.15) is 24.0 Å². The lowest BCUT2D eigenvalue weighted by molar-refractivity contribution is -0.117. The van der Waals surface area contributed by atoms with Crippen molar-refractivity contribution in [1.29, 1.82) is 5.26 Å². The fraction of sp³-hybridized carbons (Fsp3) is 0.417. The molecule has 1 amide bonds. The van der Waals surface area contributed by atoms with E-state index in [-0.39, 0.29) is 11.5 Å². The highest BCUT2D eigenvalue weighted by Crippen LogP contribution is 2.20. The van der Waals surface area contributed by atoms with E-state index in [0.717, 1.165) is 34.8 Å². The summed E-state index contributed by atoms with van der Waals surface area (Å²) in [5, 5.41) is 12.3. The molecule has 0 fully saturated rings. The van der Waals surface area contributed by atoms with Crippen LogP contribution in [0.1, 0.15) is 36.4 Å². The maximum atomic E-state index is 12.5. The number of nitrogens with one attached hydrogen (secondary N) is 1. The predicted octanol–water partition coefficient (Wildman–Crippen LogP) is 4.01. The van der Waals surface area contributed by atoms with Gasteiger partial charge in [0.05, 0.1) is 6.61 Å². The van der Waals surface area contributed by atoms with Gasteiger partial charge in [0, 0.05) is 31.6 Å². The van der Waals surface area contributed by atoms with Crippen molar-refractivity contribution in [3.05, 3.63) is 58.4 Å². The molecule has 0 aliphatic heterocycles. The summed E-state index contributed by atoms with van der Waals surface area (Å²) < 4.78 is 12.7. The molecule has 0 unspecified atom stereocenters. The van der Waals surface area contributed by atoms with E-state index in [0.29, 0.717) is 25.7 Å². The van der Waals surface area contributed by atoms with Crippen LogP contribution in [0, 0.1) is 31.1 Å². The average molecular weight is 410 g/mol. The maximum Gasteiger partial charge on any atom is 0.262 e. The van der Waals surface area contributed by atoms with Gasteiger partial charge in [-0.15, -0.1) is 0 Å². The first-order chi connectivity index (χ1) is 14.3. The first-order valence-electron chi connectivity index (χ1n) is 10.1. The quantitative estimate of drug-likeness (QED) is 0.365. The lowest BCUT2D eigenvalue weighted by atomic mass is 10.1. The molecule has 6 nitrogen and oxygen atoms in total. The van der Waals surface area contributed by atoms with Crippen LogP contribution in [0.4, 0.5) is 0 Å². The molecule has 1 heterocycles. The number of carbonyl (C=O) groups is 1. The van der Waals surface area contributed by atoms with Gasteiger partial charge >= 0.3 is 0 Å². The number of nitriles is 1. The third-order valence-electron chi connectivity index (χ3n) is 4.76. The minimum Gasteiger partial charge on any atom is -0.491 e. The Morgan fingerprint density at radius 3 is 2.53 bits per heavy atom. The second kappa shape index (κ2) is 11.2. The molecule has 0 bridgehead atoms. The molecule has 0 saturated carbocycles. The van der Waals surface area contributed by atoms with Gasteiger partial charge in [-0.1, -0.05) is 26.0 Å². The van der Waals surface area contributed by atoms with Crippen molar-refractivity contribution in [3.63, 3.8) is 0 Å². The lowest BCUT2D eigenvalue weighted by Gasteiger charge is -2.12. The number of aryl methyl sites for hydroxylation is 1. The first-order valence-corrected chi connectivity index (χ1v) is 10.1. The summed E-state index contributed by atoms with van der Waals surface area (Å²) in [4.78, 5) is 12.5. The molecule has 0 saturated heterocycles. The van der Waals surface area contributed by atoms with Gasteiger partial charge < -0.3 is 19.4 Å². The third-order valence-corrected chi connectivity index (χ3v) is 4.76. The molecule has 0 radical (unpaired) electrons. The van der Waals surface area contributed by atoms with Crippen molar-refractivity contribution >= 4 is 12.0 Å². The fourth-order valence-electron chi connectivity index (χ4n) is 3.15. The Labute approximate surface area is 179 Å². The zero-order valence-electron chi connectivity index (χ0n) is 18.5. The SMILES string of the molecule is COCCOc1ccc(CNC(=O)/C(C#N)=C\c2cc(C)n(CC(C)C)c2C)cc1. The normalized spacial score (nSPS) is 11.4. The highest BCUT2D eigenvalue weighted by atomic mass is 16.5. The van der Waals surface area contributed by atoms with Crippen LogP contribution in [0.15, 0.2) is 35.9 Å². The van der Waals surface area contributed by atoms with E-state index in [4.69, 9.17) is 9.47 Å². The van der Waals surface area contributed by atoms with Crippen LogP contribution >= 0.6 is 0 Å². The van der Waals surface area contributed by atoms with Crippen LogP contribution in [0.5, 0.6) is 5.75 Å². The zero-order chi connectivity index (χ0) is 22.1. The monoisotopic (exact) mass is 409 g/mol. The highest BCUT2D eigenvalue weighted by Gasteiger charge is 2.13. The summed E-state index contributed by atoms with van der Waals surface area (Å²) in [6, 6.07) is 11.5. The van der Waals surface area contributed by atoms with E-state index in [1.807, 2.05) is 50.2 Å². The first kappa shape index (κ1) is 23.2. The summed E-state index contributed by atoms with van der Waals surface area (Å²) in [6.07, 6.45) is 1.67. The molecule has 1 aromatic heterocycles. The summed E-state index contributed by atoms with van der Waals surface area (Å²) in [5.74, 6) is 0.880. The average Bonchev–Trinajstić information content (AvgIpc) is 2.98. The van der Waals surface area contributed by atoms with E-state index in [9.17, 15) is 10.1 Å². The topological polar surface area (TPSA) is 76.3 Å². The molecule has 160 valence electrons. The molecule has 1 aromatic carbocycles. The molecule has 6 heteroatoms. The van der Waals surface area contributed by atoms with Crippen LogP contribution in [0.3, 0.4) is 0 Å². The Kier molecular flexibility index (Phi) is 8.70. The van der Waals surface area contributed by atoms with E-state index < -0.39 is 0 Å². The van der Waals surface area contributed by atoms with Gasteiger partial charge in [0.2, 0.25) is 0 Å². The van der Waals surface area contributed by atoms with Gasteiger partial charge in [-0.05, 0) is 55.2 Å². The second-order valence-electron chi connectivity index (χ2n) is 7.67. The number of benzene rings is 1. The Bertz CT molecular complexity index is 918. The number of amides is 1. The molecule has 2 aromatic rings. The van der Waals surface area contributed by atoms with Gasteiger partial charge in [0.25, 0.3) is 5.91 Å². The van der Waals surface area contributed by atoms with E-state index in [1.54, 1.807) is 13.2 Å². The van der Waals surface area contributed by atoms with Gasteiger partial charge in [-0.3, -0.25) is 4.79 Å². The maximum absolute atomic E-state index is 12.5. The highest BCUT2D eigenvalue weighted by molar-refractivity contribution is 6.01. The molecular weight excluding hydrogens is 378 g/mol. The standard InChI is InChI=1S/C24H31N3O3/c1-17(2)16-27-18(3)12-21(19(27)4)13-22(14-25)24(28)26-15-20-6-8-23(9-7-20)30-11-10-29-5/h6-9,12-13,17H,10-11,15-16H2,1-5H3,(H,26,28)/b22-13-.